The van der Waals surface area contributed by atoms with Crippen LogP contribution in [0, 0.1) is 13.8 Å². The molecule has 0 atom stereocenters. The van der Waals surface area contributed by atoms with Gasteiger partial charge in [0, 0.05) is 0 Å². The first-order valence-corrected chi connectivity index (χ1v) is 11.0. The van der Waals surface area contributed by atoms with Crippen LogP contribution in [0.1, 0.15) is 22.5 Å². The average Bonchev–Trinajstić information content (AvgIpc) is 3.25. The minimum atomic E-state index is -4.67. The summed E-state index contributed by atoms with van der Waals surface area (Å²) < 4.78 is 72.5. The average molecular weight is 466 g/mol. The first-order chi connectivity index (χ1) is 15.0. The van der Waals surface area contributed by atoms with Gasteiger partial charge in [0.25, 0.3) is 10.0 Å². The molecule has 0 saturated heterocycles. The molecule has 0 fully saturated rings. The predicted molar refractivity (Wildman–Crippen MR) is 112 cm³/mol. The molecule has 1 amide bonds. The van der Waals surface area contributed by atoms with Crippen LogP contribution in [-0.2, 0) is 27.5 Å². The van der Waals surface area contributed by atoms with Crippen LogP contribution in [0.2, 0.25) is 0 Å². The Bertz CT molecular complexity index is 1210. The third-order valence-corrected chi connectivity index (χ3v) is 6.62. The molecular formula is C22H21F3N2O4S. The first kappa shape index (κ1) is 23.4. The lowest BCUT2D eigenvalue weighted by Crippen LogP contribution is -2.41. The van der Waals surface area contributed by atoms with Crippen molar-refractivity contribution >= 4 is 21.6 Å². The number of hydrogen-bond donors (Lipinski definition) is 1. The van der Waals surface area contributed by atoms with Crippen LogP contribution in [0.4, 0.5) is 18.9 Å². The predicted octanol–water partition coefficient (Wildman–Crippen LogP) is 4.43. The zero-order chi connectivity index (χ0) is 23.5. The lowest BCUT2D eigenvalue weighted by Gasteiger charge is -2.25. The summed E-state index contributed by atoms with van der Waals surface area (Å²) in [6, 6.07) is 11.9. The maximum absolute atomic E-state index is 13.5. The summed E-state index contributed by atoms with van der Waals surface area (Å²) in [6.07, 6.45) is -3.26. The number of alkyl halides is 3. The molecule has 2 aromatic carbocycles. The number of carbonyl (C=O) groups is 1. The fourth-order valence-corrected chi connectivity index (χ4v) is 4.77. The van der Waals surface area contributed by atoms with Crippen LogP contribution < -0.4 is 9.62 Å². The molecule has 0 aliphatic carbocycles. The highest BCUT2D eigenvalue weighted by Gasteiger charge is 2.33. The summed E-state index contributed by atoms with van der Waals surface area (Å²) in [5, 5.41) is 2.52. The number of nitrogens with one attached hydrogen (secondary N) is 1. The van der Waals surface area contributed by atoms with E-state index in [4.69, 9.17) is 4.42 Å². The van der Waals surface area contributed by atoms with Crippen molar-refractivity contribution < 1.29 is 30.8 Å². The van der Waals surface area contributed by atoms with Gasteiger partial charge in [-0.05, 0) is 61.4 Å². The Kier molecular flexibility index (Phi) is 6.63. The smallest absolute Gasteiger partial charge is 0.416 e. The topological polar surface area (TPSA) is 79.6 Å². The van der Waals surface area contributed by atoms with E-state index in [1.165, 1.54) is 18.4 Å². The highest BCUT2D eigenvalue weighted by molar-refractivity contribution is 7.93. The number of carbonyl (C=O) groups excluding carboxylic acids is 1. The molecule has 3 aromatic rings. The number of sulfonamides is 1. The molecule has 170 valence electrons. The van der Waals surface area contributed by atoms with Gasteiger partial charge in [-0.15, -0.1) is 0 Å². The van der Waals surface area contributed by atoms with Crippen molar-refractivity contribution in [3.05, 3.63) is 83.3 Å². The van der Waals surface area contributed by atoms with Gasteiger partial charge < -0.3 is 9.73 Å². The number of furan rings is 1. The van der Waals surface area contributed by atoms with E-state index in [9.17, 15) is 26.4 Å². The van der Waals surface area contributed by atoms with Crippen LogP contribution in [-0.4, -0.2) is 20.9 Å². The van der Waals surface area contributed by atoms with Gasteiger partial charge in [0.05, 0.1) is 29.0 Å². The number of rotatable bonds is 7. The first-order valence-electron chi connectivity index (χ1n) is 9.55. The molecule has 1 heterocycles. The van der Waals surface area contributed by atoms with E-state index in [0.717, 1.165) is 12.1 Å². The number of halogens is 3. The molecule has 0 spiro atoms. The Morgan fingerprint density at radius 2 is 1.81 bits per heavy atom. The lowest BCUT2D eigenvalue weighted by molar-refractivity contribution is -0.137. The highest BCUT2D eigenvalue weighted by atomic mass is 32.2. The summed E-state index contributed by atoms with van der Waals surface area (Å²) in [4.78, 5) is 12.5. The third kappa shape index (κ3) is 5.31. The van der Waals surface area contributed by atoms with Gasteiger partial charge in [-0.2, -0.15) is 13.2 Å². The van der Waals surface area contributed by atoms with E-state index < -0.39 is 34.2 Å². The summed E-state index contributed by atoms with van der Waals surface area (Å²) >= 11 is 0. The number of benzene rings is 2. The Hall–Kier alpha value is -3.27. The molecule has 0 bridgehead atoms. The molecule has 0 aliphatic heterocycles. The summed E-state index contributed by atoms with van der Waals surface area (Å²) in [5.74, 6) is -0.256. The lowest BCUT2D eigenvalue weighted by atomic mass is 10.2. The molecule has 10 heteroatoms. The summed E-state index contributed by atoms with van der Waals surface area (Å²) in [6.45, 7) is 2.57. The van der Waals surface area contributed by atoms with Crippen molar-refractivity contribution in [1.82, 2.24) is 5.32 Å². The molecule has 0 radical (unpaired) electrons. The van der Waals surface area contributed by atoms with Gasteiger partial charge in [0.1, 0.15) is 12.3 Å². The van der Waals surface area contributed by atoms with Crippen LogP contribution >= 0.6 is 0 Å². The molecule has 0 saturated carbocycles. The maximum atomic E-state index is 13.5. The van der Waals surface area contributed by atoms with Crippen molar-refractivity contribution in [2.24, 2.45) is 0 Å². The van der Waals surface area contributed by atoms with E-state index in [1.54, 1.807) is 38.1 Å². The van der Waals surface area contributed by atoms with Crippen molar-refractivity contribution in [2.45, 2.75) is 31.5 Å². The van der Waals surface area contributed by atoms with Gasteiger partial charge in [-0.1, -0.05) is 18.2 Å². The zero-order valence-electron chi connectivity index (χ0n) is 17.3. The van der Waals surface area contributed by atoms with Crippen LogP contribution in [0.25, 0.3) is 0 Å². The molecule has 32 heavy (non-hydrogen) atoms. The quantitative estimate of drug-likeness (QED) is 0.559. The van der Waals surface area contributed by atoms with Gasteiger partial charge in [-0.25, -0.2) is 8.42 Å². The van der Waals surface area contributed by atoms with E-state index in [2.05, 4.69) is 5.32 Å². The Balaban J connectivity index is 2.01. The monoisotopic (exact) mass is 466 g/mol. The molecule has 1 N–H and O–H groups in total. The Labute approximate surface area is 183 Å². The number of aryl methyl sites for hydroxylation is 2. The Morgan fingerprint density at radius 3 is 2.47 bits per heavy atom. The second kappa shape index (κ2) is 9.07. The maximum Gasteiger partial charge on any atom is 0.416 e. The molecule has 3 rings (SSSR count). The fourth-order valence-electron chi connectivity index (χ4n) is 3.04. The largest absolute Gasteiger partial charge is 0.467 e. The van der Waals surface area contributed by atoms with E-state index in [-0.39, 0.29) is 17.1 Å². The van der Waals surface area contributed by atoms with E-state index in [1.807, 2.05) is 0 Å². The van der Waals surface area contributed by atoms with Gasteiger partial charge in [0.15, 0.2) is 0 Å². The minimum absolute atomic E-state index is 0.00574. The van der Waals surface area contributed by atoms with Crippen molar-refractivity contribution in [2.75, 3.05) is 10.8 Å². The molecule has 0 unspecified atom stereocenters. The molecule has 6 nitrogen and oxygen atoms in total. The molecule has 0 aliphatic rings. The standard InChI is InChI=1S/C22H21F3N2O4S/c1-15-8-9-16(2)20(11-15)32(29,30)27(14-21(28)26-13-19-7-4-10-31-19)18-6-3-5-17(12-18)22(23,24)25/h3-12H,13-14H2,1-2H3,(H,26,28). The number of hydrogen-bond acceptors (Lipinski definition) is 4. The summed E-state index contributed by atoms with van der Waals surface area (Å²) in [5.41, 5.74) is -0.231. The molecule has 1 aromatic heterocycles. The zero-order valence-corrected chi connectivity index (χ0v) is 18.1. The molecular weight excluding hydrogens is 445 g/mol. The Morgan fingerprint density at radius 1 is 1.06 bits per heavy atom. The number of amides is 1. The number of anilines is 1. The normalized spacial score (nSPS) is 11.9. The summed E-state index contributed by atoms with van der Waals surface area (Å²) in [7, 11) is -4.36. The second-order valence-corrected chi connectivity index (χ2v) is 9.02. The van der Waals surface area contributed by atoms with E-state index in [0.29, 0.717) is 27.3 Å². The SMILES string of the molecule is Cc1ccc(C)c(S(=O)(=O)N(CC(=O)NCc2ccco2)c2cccc(C(F)(F)F)c2)c1. The highest BCUT2D eigenvalue weighted by Crippen LogP contribution is 2.33. The van der Waals surface area contributed by atoms with Crippen molar-refractivity contribution in [1.29, 1.82) is 0 Å². The van der Waals surface area contributed by atoms with Crippen LogP contribution in [0.15, 0.2) is 70.2 Å². The minimum Gasteiger partial charge on any atom is -0.467 e. The third-order valence-electron chi connectivity index (χ3n) is 4.70. The van der Waals surface area contributed by atoms with Gasteiger partial charge >= 0.3 is 6.18 Å². The van der Waals surface area contributed by atoms with Gasteiger partial charge in [0.2, 0.25) is 5.91 Å². The fraction of sp³-hybridized carbons (Fsp3) is 0.227. The second-order valence-electron chi connectivity index (χ2n) is 7.18. The van der Waals surface area contributed by atoms with Crippen molar-refractivity contribution in [3.63, 3.8) is 0 Å². The van der Waals surface area contributed by atoms with Crippen molar-refractivity contribution in [3.8, 4) is 0 Å². The van der Waals surface area contributed by atoms with Crippen LogP contribution in [0.5, 0.6) is 0 Å². The van der Waals surface area contributed by atoms with E-state index >= 15 is 0 Å². The van der Waals surface area contributed by atoms with Gasteiger partial charge in [-0.3, -0.25) is 9.10 Å². The number of nitrogens with zero attached hydrogens (tertiary/aromatic N) is 1. The van der Waals surface area contributed by atoms with Crippen LogP contribution in [0.3, 0.4) is 0 Å².